The highest BCUT2D eigenvalue weighted by atomic mass is 32.2. The summed E-state index contributed by atoms with van der Waals surface area (Å²) in [4.78, 5) is 32.4. The first-order valence-corrected chi connectivity index (χ1v) is 8.52. The molecule has 0 atom stereocenters. The quantitative estimate of drug-likeness (QED) is 0.372. The minimum Gasteiger partial charge on any atom is -0.497 e. The van der Waals surface area contributed by atoms with Crippen molar-refractivity contribution in [3.8, 4) is 11.5 Å². The minimum atomic E-state index is -0.670. The Kier molecular flexibility index (Phi) is 5.65. The van der Waals surface area contributed by atoms with E-state index in [1.165, 1.54) is 31.0 Å². The Morgan fingerprint density at radius 3 is 2.73 bits per heavy atom. The third-order valence-corrected chi connectivity index (χ3v) is 4.14. The molecule has 0 amide bonds. The zero-order valence-electron chi connectivity index (χ0n) is 13.7. The molecule has 0 saturated heterocycles. The summed E-state index contributed by atoms with van der Waals surface area (Å²) in [6, 6.07) is 9.45. The van der Waals surface area contributed by atoms with Gasteiger partial charge < -0.3 is 13.9 Å². The number of ether oxygens (including phenoxy) is 2. The van der Waals surface area contributed by atoms with Crippen molar-refractivity contribution < 1.29 is 18.7 Å². The molecule has 0 N–H and O–H groups in total. The molecule has 0 unspecified atom stereocenters. The molecule has 8 heteroatoms. The van der Waals surface area contributed by atoms with Crippen LogP contribution in [-0.4, -0.2) is 23.0 Å². The van der Waals surface area contributed by atoms with Gasteiger partial charge in [-0.1, -0.05) is 17.8 Å². The number of carbonyl (C=O) groups is 1. The Balaban J connectivity index is 1.67. The Morgan fingerprint density at radius 1 is 1.19 bits per heavy atom. The van der Waals surface area contributed by atoms with Gasteiger partial charge in [-0.3, -0.25) is 4.79 Å². The zero-order valence-corrected chi connectivity index (χ0v) is 14.6. The number of benzene rings is 1. The van der Waals surface area contributed by atoms with E-state index in [9.17, 15) is 9.59 Å². The van der Waals surface area contributed by atoms with Crippen LogP contribution in [-0.2, 0) is 5.75 Å². The maximum atomic E-state index is 12.2. The van der Waals surface area contributed by atoms with Gasteiger partial charge in [-0.05, 0) is 24.3 Å². The Labute approximate surface area is 153 Å². The van der Waals surface area contributed by atoms with Crippen molar-refractivity contribution in [1.29, 1.82) is 0 Å². The topological polar surface area (TPSA) is 91.5 Å². The predicted octanol–water partition coefficient (Wildman–Crippen LogP) is 2.95. The van der Waals surface area contributed by atoms with Crippen LogP contribution in [0.1, 0.15) is 16.1 Å². The molecule has 0 aliphatic carbocycles. The van der Waals surface area contributed by atoms with Gasteiger partial charge in [-0.2, -0.15) is 0 Å². The van der Waals surface area contributed by atoms with Gasteiger partial charge >= 0.3 is 5.97 Å². The van der Waals surface area contributed by atoms with Gasteiger partial charge in [0.1, 0.15) is 17.8 Å². The molecule has 0 spiro atoms. The SMILES string of the molecule is COc1cccc(C(=O)Oc2coc(CSc3ncccn3)cc2=O)c1. The summed E-state index contributed by atoms with van der Waals surface area (Å²) in [5.41, 5.74) is -0.179. The highest BCUT2D eigenvalue weighted by Crippen LogP contribution is 2.19. The van der Waals surface area contributed by atoms with Crippen LogP contribution in [0.5, 0.6) is 11.5 Å². The van der Waals surface area contributed by atoms with E-state index in [0.29, 0.717) is 22.4 Å². The summed E-state index contributed by atoms with van der Waals surface area (Å²) in [5, 5.41) is 0.573. The molecule has 0 bridgehead atoms. The van der Waals surface area contributed by atoms with E-state index in [2.05, 4.69) is 9.97 Å². The number of hydrogen-bond acceptors (Lipinski definition) is 8. The van der Waals surface area contributed by atoms with Gasteiger partial charge in [0.25, 0.3) is 0 Å². The van der Waals surface area contributed by atoms with Crippen LogP contribution in [0.3, 0.4) is 0 Å². The summed E-state index contributed by atoms with van der Waals surface area (Å²) in [6.45, 7) is 0. The highest BCUT2D eigenvalue weighted by Gasteiger charge is 2.13. The van der Waals surface area contributed by atoms with Crippen LogP contribution in [0.4, 0.5) is 0 Å². The largest absolute Gasteiger partial charge is 0.497 e. The van der Waals surface area contributed by atoms with E-state index in [4.69, 9.17) is 13.9 Å². The molecule has 26 heavy (non-hydrogen) atoms. The summed E-state index contributed by atoms with van der Waals surface area (Å²) in [5.74, 6) is 0.470. The molecule has 132 valence electrons. The first-order valence-electron chi connectivity index (χ1n) is 7.53. The molecule has 2 aromatic heterocycles. The van der Waals surface area contributed by atoms with Gasteiger partial charge in [-0.15, -0.1) is 0 Å². The second-order valence-electron chi connectivity index (χ2n) is 5.02. The highest BCUT2D eigenvalue weighted by molar-refractivity contribution is 7.98. The number of aromatic nitrogens is 2. The van der Waals surface area contributed by atoms with Gasteiger partial charge in [0.05, 0.1) is 18.4 Å². The van der Waals surface area contributed by atoms with Crippen molar-refractivity contribution in [1.82, 2.24) is 9.97 Å². The van der Waals surface area contributed by atoms with Crippen LogP contribution in [0, 0.1) is 0 Å². The number of methoxy groups -OCH3 is 1. The average molecular weight is 370 g/mol. The third kappa shape index (κ3) is 4.48. The fourth-order valence-electron chi connectivity index (χ4n) is 1.99. The van der Waals surface area contributed by atoms with Crippen molar-refractivity contribution in [2.24, 2.45) is 0 Å². The lowest BCUT2D eigenvalue weighted by Crippen LogP contribution is -2.14. The van der Waals surface area contributed by atoms with E-state index in [0.717, 1.165) is 6.26 Å². The van der Waals surface area contributed by atoms with Crippen LogP contribution in [0.15, 0.2) is 69.4 Å². The van der Waals surface area contributed by atoms with E-state index in [1.54, 1.807) is 36.7 Å². The first-order chi connectivity index (χ1) is 12.7. The van der Waals surface area contributed by atoms with Crippen molar-refractivity contribution in [2.75, 3.05) is 7.11 Å². The molecule has 0 aliphatic rings. The Hall–Kier alpha value is -3.13. The number of hydrogen-bond donors (Lipinski definition) is 0. The van der Waals surface area contributed by atoms with Crippen LogP contribution < -0.4 is 14.9 Å². The summed E-state index contributed by atoms with van der Waals surface area (Å²) < 4.78 is 15.5. The molecular formula is C18H14N2O5S. The van der Waals surface area contributed by atoms with Gasteiger partial charge in [0, 0.05) is 18.5 Å². The van der Waals surface area contributed by atoms with Crippen LogP contribution in [0.2, 0.25) is 0 Å². The fraction of sp³-hybridized carbons (Fsp3) is 0.111. The fourth-order valence-corrected chi connectivity index (χ4v) is 2.69. The van der Waals surface area contributed by atoms with E-state index in [-0.39, 0.29) is 11.3 Å². The summed E-state index contributed by atoms with van der Waals surface area (Å²) in [7, 11) is 1.50. The Morgan fingerprint density at radius 2 is 2.00 bits per heavy atom. The maximum absolute atomic E-state index is 12.2. The van der Waals surface area contributed by atoms with Crippen molar-refractivity contribution in [3.05, 3.63) is 76.6 Å². The van der Waals surface area contributed by atoms with Gasteiger partial charge in [0.15, 0.2) is 5.16 Å². The monoisotopic (exact) mass is 370 g/mol. The molecule has 7 nitrogen and oxygen atoms in total. The summed E-state index contributed by atoms with van der Waals surface area (Å²) in [6.07, 6.45) is 4.39. The molecule has 3 rings (SSSR count). The molecule has 3 aromatic rings. The van der Waals surface area contributed by atoms with E-state index < -0.39 is 11.4 Å². The minimum absolute atomic E-state index is 0.178. The van der Waals surface area contributed by atoms with E-state index in [1.807, 2.05) is 0 Å². The van der Waals surface area contributed by atoms with Crippen molar-refractivity contribution >= 4 is 17.7 Å². The van der Waals surface area contributed by atoms with Gasteiger partial charge in [0.2, 0.25) is 11.2 Å². The average Bonchev–Trinajstić information content (AvgIpc) is 2.69. The lowest BCUT2D eigenvalue weighted by atomic mass is 10.2. The number of rotatable bonds is 6. The molecule has 0 saturated carbocycles. The standard InChI is InChI=1S/C18H14N2O5S/c1-23-13-5-2-4-12(8-13)17(22)25-16-10-24-14(9-15(16)21)11-26-18-19-6-3-7-20-18/h2-10H,11H2,1H3. The molecular weight excluding hydrogens is 356 g/mol. The first kappa shape index (κ1) is 17.7. The zero-order chi connectivity index (χ0) is 18.4. The normalized spacial score (nSPS) is 10.3. The third-order valence-electron chi connectivity index (χ3n) is 3.25. The maximum Gasteiger partial charge on any atom is 0.343 e. The predicted molar refractivity (Wildman–Crippen MR) is 94.5 cm³/mol. The van der Waals surface area contributed by atoms with Crippen molar-refractivity contribution in [3.63, 3.8) is 0 Å². The molecule has 0 aliphatic heterocycles. The van der Waals surface area contributed by atoms with Gasteiger partial charge in [-0.25, -0.2) is 14.8 Å². The van der Waals surface area contributed by atoms with Crippen molar-refractivity contribution in [2.45, 2.75) is 10.9 Å². The number of esters is 1. The number of thioether (sulfide) groups is 1. The molecule has 0 radical (unpaired) electrons. The van der Waals surface area contributed by atoms with E-state index >= 15 is 0 Å². The second-order valence-corrected chi connectivity index (χ2v) is 5.96. The second kappa shape index (κ2) is 8.30. The van der Waals surface area contributed by atoms with Crippen LogP contribution in [0.25, 0.3) is 0 Å². The smallest absolute Gasteiger partial charge is 0.343 e. The molecule has 1 aromatic carbocycles. The lowest BCUT2D eigenvalue weighted by molar-refractivity contribution is 0.0728. The number of nitrogens with zero attached hydrogens (tertiary/aromatic N) is 2. The molecule has 0 fully saturated rings. The lowest BCUT2D eigenvalue weighted by Gasteiger charge is -2.06. The Bertz CT molecular complexity index is 959. The molecule has 2 heterocycles. The van der Waals surface area contributed by atoms with Crippen LogP contribution >= 0.6 is 11.8 Å². The summed E-state index contributed by atoms with van der Waals surface area (Å²) >= 11 is 1.33. The number of carbonyl (C=O) groups excluding carboxylic acids is 1.